The fourth-order valence-corrected chi connectivity index (χ4v) is 2.29. The molecule has 3 atom stereocenters. The molecule has 9 heteroatoms. The molecule has 1 aromatic heterocycles. The Morgan fingerprint density at radius 1 is 0.571 bits per heavy atom. The summed E-state index contributed by atoms with van der Waals surface area (Å²) >= 11 is 0. The van der Waals surface area contributed by atoms with Crippen molar-refractivity contribution in [2.75, 3.05) is 0 Å². The molecule has 3 aliphatic carbocycles. The third kappa shape index (κ3) is 2.76. The summed E-state index contributed by atoms with van der Waals surface area (Å²) in [6, 6.07) is -0.125. The van der Waals surface area contributed by atoms with E-state index in [-0.39, 0.29) is 51.2 Å². The number of hydrogen-bond donors (Lipinski definition) is 3. The van der Waals surface area contributed by atoms with Crippen LogP contribution in [0.5, 0.6) is 0 Å². The van der Waals surface area contributed by atoms with Crippen LogP contribution >= 0.6 is 0 Å². The summed E-state index contributed by atoms with van der Waals surface area (Å²) in [5.74, 6) is 0.00139. The van der Waals surface area contributed by atoms with Gasteiger partial charge in [-0.1, -0.05) is 0 Å². The molecule has 3 aliphatic rings. The van der Waals surface area contributed by atoms with E-state index in [2.05, 4.69) is 15.0 Å². The van der Waals surface area contributed by atoms with Crippen molar-refractivity contribution in [2.24, 2.45) is 0 Å². The highest BCUT2D eigenvalue weighted by molar-refractivity contribution is 5.22. The lowest BCUT2D eigenvalue weighted by Gasteiger charge is -2.24. The molecule has 0 aliphatic heterocycles. The van der Waals surface area contributed by atoms with Gasteiger partial charge in [0.05, 0.1) is 18.1 Å². The monoisotopic (exact) mass is 294 g/mol. The van der Waals surface area contributed by atoms with E-state index in [1.807, 2.05) is 0 Å². The first-order chi connectivity index (χ1) is 10.1. The fraction of sp³-hybridized carbons (Fsp3) is 0.750. The number of quaternary nitrogens is 3. The van der Waals surface area contributed by atoms with Gasteiger partial charge in [-0.25, -0.2) is 0 Å². The van der Waals surface area contributed by atoms with Crippen molar-refractivity contribution in [3.63, 3.8) is 0 Å². The van der Waals surface area contributed by atoms with Gasteiger partial charge in [0.2, 0.25) is 0 Å². The SMILES string of the molecule is [O-][NH+](c1nc([NH+]([O-])C2CC2)nc([NH+]([O-])C2CC2)n1)C1CC1. The number of nitrogens with one attached hydrogen (secondary N) is 3. The van der Waals surface area contributed by atoms with Gasteiger partial charge < -0.3 is 30.8 Å². The first-order valence-electron chi connectivity index (χ1n) is 7.52. The molecule has 3 fully saturated rings. The second-order valence-electron chi connectivity index (χ2n) is 6.22. The number of hydroxylamine groups is 3. The zero-order valence-corrected chi connectivity index (χ0v) is 11.5. The van der Waals surface area contributed by atoms with Crippen molar-refractivity contribution >= 4 is 17.8 Å². The molecule has 21 heavy (non-hydrogen) atoms. The minimum atomic E-state index is -0.160. The Kier molecular flexibility index (Phi) is 3.14. The van der Waals surface area contributed by atoms with E-state index in [1.54, 1.807) is 0 Å². The first kappa shape index (κ1) is 13.4. The van der Waals surface area contributed by atoms with Gasteiger partial charge >= 0.3 is 17.8 Å². The summed E-state index contributed by atoms with van der Waals surface area (Å²) in [7, 11) is 0. The zero-order valence-electron chi connectivity index (χ0n) is 11.5. The molecule has 0 saturated heterocycles. The molecule has 3 saturated carbocycles. The molecule has 0 bridgehead atoms. The zero-order chi connectivity index (χ0) is 14.6. The third-order valence-electron chi connectivity index (χ3n) is 4.14. The molecule has 4 rings (SSSR count). The van der Waals surface area contributed by atoms with Crippen LogP contribution in [0.4, 0.5) is 17.8 Å². The first-order valence-corrected chi connectivity index (χ1v) is 7.52. The molecular weight excluding hydrogens is 276 g/mol. The molecule has 3 N–H and O–H groups in total. The molecular formula is C12H18N6O3. The Morgan fingerprint density at radius 3 is 1.00 bits per heavy atom. The van der Waals surface area contributed by atoms with Crippen molar-refractivity contribution in [1.82, 2.24) is 15.0 Å². The number of hydrogen-bond acceptors (Lipinski definition) is 6. The Labute approximate surface area is 121 Å². The van der Waals surface area contributed by atoms with Crippen LogP contribution in [0.1, 0.15) is 38.5 Å². The van der Waals surface area contributed by atoms with Crippen molar-refractivity contribution < 1.29 is 15.2 Å². The van der Waals surface area contributed by atoms with E-state index in [0.29, 0.717) is 0 Å². The van der Waals surface area contributed by atoms with Crippen LogP contribution in [0.15, 0.2) is 0 Å². The van der Waals surface area contributed by atoms with Crippen LogP contribution in [0, 0.1) is 15.6 Å². The summed E-state index contributed by atoms with van der Waals surface area (Å²) in [5, 5.41) is 36.0. The predicted octanol–water partition coefficient (Wildman–Crippen LogP) is -2.60. The van der Waals surface area contributed by atoms with Gasteiger partial charge in [-0.3, -0.25) is 0 Å². The van der Waals surface area contributed by atoms with E-state index < -0.39 is 0 Å². The molecule has 0 aromatic carbocycles. The summed E-state index contributed by atoms with van der Waals surface area (Å²) in [6.07, 6.45) is 5.01. The van der Waals surface area contributed by atoms with E-state index in [1.165, 1.54) is 0 Å². The Balaban J connectivity index is 1.67. The summed E-state index contributed by atoms with van der Waals surface area (Å²) < 4.78 is 0. The quantitative estimate of drug-likeness (QED) is 0.495. The molecule has 0 radical (unpaired) electrons. The lowest BCUT2D eigenvalue weighted by Crippen LogP contribution is -3.08. The van der Waals surface area contributed by atoms with Crippen LogP contribution in [-0.2, 0) is 0 Å². The molecule has 1 aromatic rings. The topological polar surface area (TPSA) is 121 Å². The number of nitrogens with zero attached hydrogens (tertiary/aromatic N) is 3. The van der Waals surface area contributed by atoms with Gasteiger partial charge in [0.1, 0.15) is 0 Å². The lowest BCUT2D eigenvalue weighted by molar-refractivity contribution is -0.813. The highest BCUT2D eigenvalue weighted by atomic mass is 16.5. The van der Waals surface area contributed by atoms with Crippen LogP contribution in [0.25, 0.3) is 0 Å². The van der Waals surface area contributed by atoms with Gasteiger partial charge in [0.25, 0.3) is 0 Å². The average molecular weight is 294 g/mol. The fourth-order valence-electron chi connectivity index (χ4n) is 2.29. The normalized spacial score (nSPS) is 26.4. The molecule has 114 valence electrons. The van der Waals surface area contributed by atoms with Crippen molar-refractivity contribution in [3.05, 3.63) is 15.6 Å². The van der Waals surface area contributed by atoms with Gasteiger partial charge in [0.15, 0.2) is 0 Å². The minimum Gasteiger partial charge on any atom is -0.626 e. The van der Waals surface area contributed by atoms with E-state index >= 15 is 0 Å². The second kappa shape index (κ2) is 4.90. The minimum absolute atomic E-state index is 0.000463. The predicted molar refractivity (Wildman–Crippen MR) is 70.9 cm³/mol. The van der Waals surface area contributed by atoms with Crippen molar-refractivity contribution in [2.45, 2.75) is 56.7 Å². The maximum Gasteiger partial charge on any atom is 0.340 e. The van der Waals surface area contributed by atoms with Crippen molar-refractivity contribution in [1.29, 1.82) is 0 Å². The molecule has 0 spiro atoms. The summed E-state index contributed by atoms with van der Waals surface area (Å²) in [4.78, 5) is 12.1. The van der Waals surface area contributed by atoms with Gasteiger partial charge in [-0.05, 0) is 0 Å². The van der Waals surface area contributed by atoms with Crippen molar-refractivity contribution in [3.8, 4) is 0 Å². The van der Waals surface area contributed by atoms with Crippen LogP contribution < -0.4 is 15.2 Å². The average Bonchev–Trinajstić information content (AvgIpc) is 3.36. The van der Waals surface area contributed by atoms with E-state index in [4.69, 9.17) is 0 Å². The molecule has 3 unspecified atom stereocenters. The Hall–Kier alpha value is -1.23. The largest absolute Gasteiger partial charge is 0.626 e. The van der Waals surface area contributed by atoms with Crippen LogP contribution in [-0.4, -0.2) is 33.1 Å². The van der Waals surface area contributed by atoms with Crippen LogP contribution in [0.2, 0.25) is 0 Å². The lowest BCUT2D eigenvalue weighted by atomic mass is 10.6. The molecule has 1 heterocycles. The molecule has 0 amide bonds. The van der Waals surface area contributed by atoms with E-state index in [9.17, 15) is 15.6 Å². The van der Waals surface area contributed by atoms with Gasteiger partial charge in [-0.15, -0.1) is 15.0 Å². The Morgan fingerprint density at radius 2 is 0.810 bits per heavy atom. The third-order valence-corrected chi connectivity index (χ3v) is 4.14. The molecule has 9 nitrogen and oxygen atoms in total. The summed E-state index contributed by atoms with van der Waals surface area (Å²) in [6.45, 7) is 0. The van der Waals surface area contributed by atoms with Gasteiger partial charge in [-0.2, -0.15) is 0 Å². The van der Waals surface area contributed by atoms with E-state index in [0.717, 1.165) is 38.5 Å². The number of rotatable bonds is 6. The smallest absolute Gasteiger partial charge is 0.340 e. The highest BCUT2D eigenvalue weighted by Gasteiger charge is 2.38. The number of aromatic nitrogens is 3. The maximum absolute atomic E-state index is 12.2. The second-order valence-corrected chi connectivity index (χ2v) is 6.22. The Bertz CT molecular complexity index is 457. The summed E-state index contributed by atoms with van der Waals surface area (Å²) in [5.41, 5.74) is 0. The standard InChI is InChI=1S/C12H18N6O3/c19-16(7-1-2-7)10-13-11(17(20)8-3-4-8)15-12(14-10)18(21)9-5-6-9/h7-9,16-18H,1-6H2. The van der Waals surface area contributed by atoms with Crippen LogP contribution in [0.3, 0.4) is 0 Å². The highest BCUT2D eigenvalue weighted by Crippen LogP contribution is 2.20. The van der Waals surface area contributed by atoms with Gasteiger partial charge in [0, 0.05) is 38.5 Å². The maximum atomic E-state index is 12.2.